The van der Waals surface area contributed by atoms with E-state index in [4.69, 9.17) is 11.6 Å². The molecule has 0 unspecified atom stereocenters. The predicted molar refractivity (Wildman–Crippen MR) is 167 cm³/mol. The fourth-order valence-corrected chi connectivity index (χ4v) is 5.90. The summed E-state index contributed by atoms with van der Waals surface area (Å²) in [5.41, 5.74) is 9.09. The summed E-state index contributed by atoms with van der Waals surface area (Å²) in [6.07, 6.45) is 16.3. The van der Waals surface area contributed by atoms with Gasteiger partial charge in [0, 0.05) is 34.0 Å². The molecular weight excluding hydrogens is 496 g/mol. The molecule has 0 bridgehead atoms. The van der Waals surface area contributed by atoms with Gasteiger partial charge < -0.3 is 9.80 Å². The van der Waals surface area contributed by atoms with Crippen LogP contribution in [0, 0.1) is 0 Å². The van der Waals surface area contributed by atoms with Crippen LogP contribution >= 0.6 is 11.6 Å². The summed E-state index contributed by atoms with van der Waals surface area (Å²) in [7, 11) is 0. The van der Waals surface area contributed by atoms with Gasteiger partial charge in [0.1, 0.15) is 0 Å². The van der Waals surface area contributed by atoms with Crippen LogP contribution in [0.2, 0.25) is 5.02 Å². The van der Waals surface area contributed by atoms with E-state index in [-0.39, 0.29) is 0 Å². The quantitative estimate of drug-likeness (QED) is 0.235. The van der Waals surface area contributed by atoms with Crippen molar-refractivity contribution in [2.45, 2.75) is 38.5 Å². The molecule has 6 rings (SSSR count). The molecule has 2 aliphatic carbocycles. The van der Waals surface area contributed by atoms with Gasteiger partial charge in [-0.1, -0.05) is 90.5 Å². The number of hydrogen-bond acceptors (Lipinski definition) is 2. The Morgan fingerprint density at radius 1 is 0.590 bits per heavy atom. The third kappa shape index (κ3) is 5.44. The van der Waals surface area contributed by atoms with Crippen LogP contribution in [0.4, 0.5) is 22.7 Å². The minimum atomic E-state index is 0.738. The third-order valence-corrected chi connectivity index (χ3v) is 7.85. The molecule has 0 radical (unpaired) electrons. The molecule has 0 amide bonds. The van der Waals surface area contributed by atoms with Crippen molar-refractivity contribution >= 4 is 34.4 Å². The fraction of sp³-hybridized carbons (Fsp3) is 0.167. The minimum absolute atomic E-state index is 0.738. The molecule has 194 valence electrons. The van der Waals surface area contributed by atoms with Crippen LogP contribution < -0.4 is 9.80 Å². The molecule has 39 heavy (non-hydrogen) atoms. The van der Waals surface area contributed by atoms with Crippen LogP contribution in [-0.2, 0) is 0 Å². The van der Waals surface area contributed by atoms with E-state index in [0.717, 1.165) is 58.9 Å². The van der Waals surface area contributed by atoms with Crippen LogP contribution in [0.15, 0.2) is 139 Å². The number of anilines is 4. The van der Waals surface area contributed by atoms with Gasteiger partial charge in [-0.05, 0) is 92.6 Å². The van der Waals surface area contributed by atoms with E-state index < -0.39 is 0 Å². The van der Waals surface area contributed by atoms with Gasteiger partial charge in [-0.15, -0.1) is 0 Å². The van der Waals surface area contributed by atoms with Crippen molar-refractivity contribution in [1.82, 2.24) is 0 Å². The molecule has 0 fully saturated rings. The number of rotatable bonds is 7. The van der Waals surface area contributed by atoms with Crippen molar-refractivity contribution in [3.8, 4) is 11.1 Å². The van der Waals surface area contributed by atoms with Gasteiger partial charge in [0.2, 0.25) is 0 Å². The molecule has 0 spiro atoms. The molecule has 3 heteroatoms. The van der Waals surface area contributed by atoms with E-state index in [1.165, 1.54) is 29.9 Å². The van der Waals surface area contributed by atoms with Gasteiger partial charge in [-0.2, -0.15) is 0 Å². The maximum absolute atomic E-state index is 7.28. The molecule has 2 nitrogen and oxygen atoms in total. The highest BCUT2D eigenvalue weighted by Gasteiger charge is 2.21. The molecule has 0 N–H and O–H groups in total. The van der Waals surface area contributed by atoms with Crippen molar-refractivity contribution in [3.63, 3.8) is 0 Å². The summed E-state index contributed by atoms with van der Waals surface area (Å²) in [4.78, 5) is 4.68. The van der Waals surface area contributed by atoms with Gasteiger partial charge in [-0.3, -0.25) is 0 Å². The number of benzene rings is 4. The van der Waals surface area contributed by atoms with Crippen LogP contribution in [-0.4, -0.2) is 0 Å². The van der Waals surface area contributed by atoms with Crippen LogP contribution in [0.3, 0.4) is 0 Å². The first kappa shape index (κ1) is 25.3. The van der Waals surface area contributed by atoms with E-state index in [9.17, 15) is 0 Å². The lowest BCUT2D eigenvalue weighted by Crippen LogP contribution is -2.23. The number of allylic oxidation sites excluding steroid dienone is 5. The van der Waals surface area contributed by atoms with Crippen LogP contribution in [0.1, 0.15) is 38.5 Å². The van der Waals surface area contributed by atoms with Crippen molar-refractivity contribution in [3.05, 3.63) is 144 Å². The molecule has 0 aromatic heterocycles. The zero-order valence-electron chi connectivity index (χ0n) is 22.1. The number of para-hydroxylation sites is 2. The Balaban J connectivity index is 1.44. The largest absolute Gasteiger partial charge is 0.315 e. The van der Waals surface area contributed by atoms with E-state index in [2.05, 4.69) is 125 Å². The van der Waals surface area contributed by atoms with Gasteiger partial charge in [-0.25, -0.2) is 0 Å². The average molecular weight is 529 g/mol. The number of nitrogens with zero attached hydrogens (tertiary/aromatic N) is 2. The summed E-state index contributed by atoms with van der Waals surface area (Å²) in [5.74, 6) is 0. The Hall–Kier alpha value is -4.01. The highest BCUT2D eigenvalue weighted by atomic mass is 35.5. The lowest BCUT2D eigenvalue weighted by Gasteiger charge is -2.32. The Bertz CT molecular complexity index is 1480. The number of hydrogen-bond donors (Lipinski definition) is 0. The van der Waals surface area contributed by atoms with Gasteiger partial charge in [0.15, 0.2) is 0 Å². The van der Waals surface area contributed by atoms with Crippen molar-refractivity contribution in [1.29, 1.82) is 0 Å². The molecule has 4 aromatic carbocycles. The van der Waals surface area contributed by atoms with Gasteiger partial charge in [0.05, 0.1) is 10.7 Å². The molecule has 0 aliphatic heterocycles. The lowest BCUT2D eigenvalue weighted by molar-refractivity contribution is 0.686. The second-order valence-electron chi connectivity index (χ2n) is 10.1. The first-order chi connectivity index (χ1) is 19.3. The van der Waals surface area contributed by atoms with Crippen LogP contribution in [0.5, 0.6) is 0 Å². The van der Waals surface area contributed by atoms with E-state index >= 15 is 0 Å². The second kappa shape index (κ2) is 11.8. The molecule has 0 atom stereocenters. The van der Waals surface area contributed by atoms with Gasteiger partial charge in [0.25, 0.3) is 0 Å². The van der Waals surface area contributed by atoms with E-state index in [1.807, 2.05) is 12.1 Å². The monoisotopic (exact) mass is 528 g/mol. The topological polar surface area (TPSA) is 6.48 Å². The molecular formula is C36H33ClN2. The van der Waals surface area contributed by atoms with Crippen molar-refractivity contribution in [2.24, 2.45) is 0 Å². The zero-order valence-corrected chi connectivity index (χ0v) is 22.9. The van der Waals surface area contributed by atoms with E-state index in [1.54, 1.807) is 0 Å². The van der Waals surface area contributed by atoms with Crippen LogP contribution in [0.25, 0.3) is 11.1 Å². The first-order valence-corrected chi connectivity index (χ1v) is 14.3. The molecule has 4 aromatic rings. The normalized spacial score (nSPS) is 14.9. The second-order valence-corrected chi connectivity index (χ2v) is 10.5. The molecule has 0 saturated carbocycles. The summed E-state index contributed by atoms with van der Waals surface area (Å²) in [6, 6.07) is 36.0. The first-order valence-electron chi connectivity index (χ1n) is 13.9. The average Bonchev–Trinajstić information content (AvgIpc) is 3.01. The van der Waals surface area contributed by atoms with Gasteiger partial charge >= 0.3 is 0 Å². The Morgan fingerprint density at radius 2 is 1.31 bits per heavy atom. The van der Waals surface area contributed by atoms with Crippen molar-refractivity contribution < 1.29 is 0 Å². The third-order valence-electron chi connectivity index (χ3n) is 7.45. The summed E-state index contributed by atoms with van der Waals surface area (Å²) in [5, 5.41) is 0.738. The summed E-state index contributed by atoms with van der Waals surface area (Å²) in [6.45, 7) is 0. The molecule has 2 aliphatic rings. The fourth-order valence-electron chi connectivity index (χ4n) is 5.58. The maximum Gasteiger partial charge on any atom is 0.0725 e. The smallest absolute Gasteiger partial charge is 0.0725 e. The Kier molecular flexibility index (Phi) is 7.65. The highest BCUT2D eigenvalue weighted by Crippen LogP contribution is 2.43. The summed E-state index contributed by atoms with van der Waals surface area (Å²) < 4.78 is 0. The standard InChI is InChI=1S/C36H33ClN2/c37-36-34(25-14-26-35(36)39(31-20-9-3-10-21-31)32-22-11-4-12-23-32)28-15-13-24-33(27-28)38(29-16-5-1-6-17-29)30-18-7-2-8-19-30/h3-5,9-18,20-27H,1-2,6-8,19H2. The highest BCUT2D eigenvalue weighted by molar-refractivity contribution is 6.36. The number of halogens is 1. The maximum atomic E-state index is 7.28. The Labute approximate surface area is 237 Å². The SMILES string of the molecule is Clc1c(-c2cccc(N(C3=CCCC=C3)C3=CCCCC3)c2)cccc1N(c1ccccc1)c1ccccc1. The lowest BCUT2D eigenvalue weighted by atomic mass is 9.99. The van der Waals surface area contributed by atoms with E-state index in [0.29, 0.717) is 0 Å². The summed E-state index contributed by atoms with van der Waals surface area (Å²) >= 11 is 7.28. The molecule has 0 heterocycles. The molecule has 0 saturated heterocycles. The predicted octanol–water partition coefficient (Wildman–Crippen LogP) is 11.0. The Morgan fingerprint density at radius 3 is 1.97 bits per heavy atom. The van der Waals surface area contributed by atoms with Crippen molar-refractivity contribution in [2.75, 3.05) is 9.80 Å². The minimum Gasteiger partial charge on any atom is -0.315 e. The zero-order chi connectivity index (χ0) is 26.4.